The molecule has 5 heteroatoms. The Bertz CT molecular complexity index is 1190. The molecule has 134 valence electrons. The fourth-order valence-electron chi connectivity index (χ4n) is 3.13. The number of aryl methyl sites for hydroxylation is 1. The van der Waals surface area contributed by atoms with E-state index in [-0.39, 0.29) is 11.2 Å². The summed E-state index contributed by atoms with van der Waals surface area (Å²) in [6.07, 6.45) is 1.75. The van der Waals surface area contributed by atoms with Crippen LogP contribution in [0.3, 0.4) is 0 Å². The second-order valence-corrected chi connectivity index (χ2v) is 7.18. The third-order valence-corrected chi connectivity index (χ3v) is 5.85. The third-order valence-electron chi connectivity index (χ3n) is 4.56. The van der Waals surface area contributed by atoms with E-state index in [2.05, 4.69) is 0 Å². The fourth-order valence-corrected chi connectivity index (χ4v) is 4.41. The highest BCUT2D eigenvalue weighted by Gasteiger charge is 2.20. The van der Waals surface area contributed by atoms with Gasteiger partial charge in [0, 0.05) is 23.5 Å². The van der Waals surface area contributed by atoms with Gasteiger partial charge in [0.1, 0.15) is 10.6 Å². The van der Waals surface area contributed by atoms with Crippen LogP contribution in [0.1, 0.15) is 20.8 Å². The van der Waals surface area contributed by atoms with E-state index in [1.54, 1.807) is 31.5 Å². The van der Waals surface area contributed by atoms with Gasteiger partial charge in [0.2, 0.25) is 5.78 Å². The number of carbonyl (C=O) groups excluding carboxylic acids is 1. The van der Waals surface area contributed by atoms with Gasteiger partial charge in [-0.25, -0.2) is 0 Å². The molecule has 0 atom stereocenters. The van der Waals surface area contributed by atoms with E-state index in [9.17, 15) is 9.59 Å². The van der Waals surface area contributed by atoms with Crippen LogP contribution in [-0.2, 0) is 0 Å². The predicted molar refractivity (Wildman–Crippen MR) is 109 cm³/mol. The topological polar surface area (TPSA) is 48.3 Å². The number of fused-ring (bicyclic) bond motifs is 1. The number of ether oxygens (including phenoxy) is 1. The second-order valence-electron chi connectivity index (χ2n) is 6.18. The second kappa shape index (κ2) is 6.85. The maximum Gasteiger partial charge on any atom is 0.203 e. The van der Waals surface area contributed by atoms with E-state index in [1.165, 1.54) is 11.3 Å². The van der Waals surface area contributed by atoms with Crippen molar-refractivity contribution < 1.29 is 9.53 Å². The summed E-state index contributed by atoms with van der Waals surface area (Å²) in [5, 5.41) is 0.595. The van der Waals surface area contributed by atoms with Crippen LogP contribution in [0.15, 0.2) is 71.7 Å². The molecule has 0 aliphatic heterocycles. The first-order valence-electron chi connectivity index (χ1n) is 8.49. The van der Waals surface area contributed by atoms with Gasteiger partial charge in [-0.15, -0.1) is 11.3 Å². The molecule has 0 spiro atoms. The monoisotopic (exact) mass is 375 g/mol. The summed E-state index contributed by atoms with van der Waals surface area (Å²) in [5.41, 5.74) is 2.18. The number of methoxy groups -OCH3 is 1. The van der Waals surface area contributed by atoms with Crippen molar-refractivity contribution in [3.8, 4) is 11.4 Å². The van der Waals surface area contributed by atoms with Gasteiger partial charge in [0.05, 0.1) is 17.4 Å². The molecule has 2 aromatic carbocycles. The molecule has 4 aromatic rings. The lowest BCUT2D eigenvalue weighted by molar-refractivity contribution is 0.104. The molecule has 4 rings (SSSR count). The third kappa shape index (κ3) is 2.96. The lowest BCUT2D eigenvalue weighted by atomic mass is 10.1. The number of rotatable bonds is 4. The number of pyridine rings is 1. The number of nitrogens with zero attached hydrogens (tertiary/aromatic N) is 1. The summed E-state index contributed by atoms with van der Waals surface area (Å²) in [6.45, 7) is 1.84. The van der Waals surface area contributed by atoms with E-state index in [0.717, 1.165) is 21.8 Å². The Labute approximate surface area is 160 Å². The van der Waals surface area contributed by atoms with Gasteiger partial charge in [-0.2, -0.15) is 0 Å². The van der Waals surface area contributed by atoms with Crippen LogP contribution >= 0.6 is 11.3 Å². The van der Waals surface area contributed by atoms with E-state index in [1.807, 2.05) is 54.0 Å². The number of benzene rings is 2. The molecule has 0 saturated heterocycles. The van der Waals surface area contributed by atoms with Gasteiger partial charge >= 0.3 is 0 Å². The number of hydrogen-bond acceptors (Lipinski definition) is 4. The van der Waals surface area contributed by atoms with Crippen molar-refractivity contribution in [2.45, 2.75) is 6.92 Å². The molecule has 0 amide bonds. The Balaban J connectivity index is 1.92. The molecule has 0 N–H and O–H groups in total. The largest absolute Gasteiger partial charge is 0.497 e. The van der Waals surface area contributed by atoms with Gasteiger partial charge in [0.15, 0.2) is 5.43 Å². The number of aromatic nitrogens is 1. The summed E-state index contributed by atoms with van der Waals surface area (Å²) in [4.78, 5) is 26.8. The van der Waals surface area contributed by atoms with Crippen LogP contribution in [0.2, 0.25) is 0 Å². The molecule has 2 aromatic heterocycles. The van der Waals surface area contributed by atoms with Crippen molar-refractivity contribution in [3.63, 3.8) is 0 Å². The highest BCUT2D eigenvalue weighted by molar-refractivity contribution is 7.20. The summed E-state index contributed by atoms with van der Waals surface area (Å²) in [5.74, 6) is 0.702. The average molecular weight is 375 g/mol. The Morgan fingerprint density at radius 1 is 1.00 bits per heavy atom. The van der Waals surface area contributed by atoms with Gasteiger partial charge in [-0.3, -0.25) is 9.59 Å². The smallest absolute Gasteiger partial charge is 0.203 e. The minimum Gasteiger partial charge on any atom is -0.497 e. The molecule has 0 aliphatic rings. The Morgan fingerprint density at radius 3 is 2.37 bits per heavy atom. The maximum atomic E-state index is 13.0. The number of ketones is 1. The van der Waals surface area contributed by atoms with E-state index < -0.39 is 0 Å². The lowest BCUT2D eigenvalue weighted by Gasteiger charge is -2.09. The zero-order valence-corrected chi connectivity index (χ0v) is 15.7. The highest BCUT2D eigenvalue weighted by Crippen LogP contribution is 2.32. The molecule has 0 saturated carbocycles. The quantitative estimate of drug-likeness (QED) is 0.490. The molecule has 27 heavy (non-hydrogen) atoms. The van der Waals surface area contributed by atoms with Crippen molar-refractivity contribution in [3.05, 3.63) is 93.1 Å². The van der Waals surface area contributed by atoms with Gasteiger partial charge < -0.3 is 9.30 Å². The van der Waals surface area contributed by atoms with Crippen LogP contribution in [0.5, 0.6) is 5.75 Å². The normalized spacial score (nSPS) is 10.9. The fraction of sp³-hybridized carbons (Fsp3) is 0.0909. The zero-order valence-electron chi connectivity index (χ0n) is 14.9. The first kappa shape index (κ1) is 17.2. The van der Waals surface area contributed by atoms with Crippen LogP contribution < -0.4 is 10.2 Å². The summed E-state index contributed by atoms with van der Waals surface area (Å²) >= 11 is 1.35. The average Bonchev–Trinajstić information content (AvgIpc) is 3.07. The number of carbonyl (C=O) groups is 1. The van der Waals surface area contributed by atoms with Crippen LogP contribution in [0.4, 0.5) is 0 Å². The maximum absolute atomic E-state index is 13.0. The van der Waals surface area contributed by atoms with E-state index in [4.69, 9.17) is 4.74 Å². The first-order chi connectivity index (χ1) is 13.1. The summed E-state index contributed by atoms with van der Waals surface area (Å²) in [6, 6.07) is 18.3. The number of thiophene rings is 1. The molecule has 4 nitrogen and oxygen atoms in total. The first-order valence-corrected chi connectivity index (χ1v) is 9.30. The Morgan fingerprint density at radius 2 is 1.70 bits per heavy atom. The van der Waals surface area contributed by atoms with E-state index >= 15 is 0 Å². The van der Waals surface area contributed by atoms with Crippen molar-refractivity contribution in [2.75, 3.05) is 7.11 Å². The number of hydrogen-bond donors (Lipinski definition) is 0. The molecule has 0 unspecified atom stereocenters. The lowest BCUT2D eigenvalue weighted by Crippen LogP contribution is -2.06. The zero-order chi connectivity index (χ0) is 19.0. The summed E-state index contributed by atoms with van der Waals surface area (Å²) < 4.78 is 7.15. The van der Waals surface area contributed by atoms with Gasteiger partial charge in [-0.1, -0.05) is 30.3 Å². The van der Waals surface area contributed by atoms with Gasteiger partial charge in [-0.05, 0) is 36.8 Å². The predicted octanol–water partition coefficient (Wildman–Crippen LogP) is 4.60. The van der Waals surface area contributed by atoms with Crippen molar-refractivity contribution >= 4 is 27.3 Å². The van der Waals surface area contributed by atoms with Crippen molar-refractivity contribution in [1.82, 2.24) is 4.57 Å². The van der Waals surface area contributed by atoms with Crippen LogP contribution in [0, 0.1) is 6.92 Å². The molecular formula is C22H17NO3S. The minimum absolute atomic E-state index is 0.0602. The van der Waals surface area contributed by atoms with Crippen molar-refractivity contribution in [1.29, 1.82) is 0 Å². The molecule has 0 radical (unpaired) electrons. The Kier molecular flexibility index (Phi) is 4.38. The molecule has 0 bridgehead atoms. The van der Waals surface area contributed by atoms with Crippen molar-refractivity contribution in [2.24, 2.45) is 0 Å². The van der Waals surface area contributed by atoms with Gasteiger partial charge in [0.25, 0.3) is 0 Å². The molecule has 2 heterocycles. The minimum atomic E-state index is -0.0735. The standard InChI is InChI=1S/C22H17NO3S/c1-14-19-18(24)12-13-23(16-8-10-17(26-2)11-9-16)22(19)27-21(14)20(25)15-6-4-3-5-7-15/h3-13H,1-2H3. The van der Waals surface area contributed by atoms with E-state index in [0.29, 0.717) is 15.8 Å². The molecule has 0 aliphatic carbocycles. The van der Waals surface area contributed by atoms with Crippen LogP contribution in [-0.4, -0.2) is 17.5 Å². The summed E-state index contributed by atoms with van der Waals surface area (Å²) in [7, 11) is 1.62. The van der Waals surface area contributed by atoms with Crippen LogP contribution in [0.25, 0.3) is 15.9 Å². The Hall–Kier alpha value is -3.18. The molecular weight excluding hydrogens is 358 g/mol. The molecule has 0 fully saturated rings. The SMILES string of the molecule is COc1ccc(-n2ccc(=O)c3c(C)c(C(=O)c4ccccc4)sc32)cc1. The highest BCUT2D eigenvalue weighted by atomic mass is 32.1.